The van der Waals surface area contributed by atoms with Crippen LogP contribution in [0.4, 0.5) is 4.39 Å². The summed E-state index contributed by atoms with van der Waals surface area (Å²) < 4.78 is 22.0. The molecule has 0 aliphatic carbocycles. The molecule has 5 rings (SSSR count). The Morgan fingerprint density at radius 1 is 1.27 bits per heavy atom. The van der Waals surface area contributed by atoms with Crippen molar-refractivity contribution in [2.45, 2.75) is 51.0 Å². The number of carbonyl (C=O) groups excluding carboxylic acids is 1. The Kier molecular flexibility index (Phi) is 5.98. The SMILES string of the molecule is CCc1nn(-c2noc(C3CC[N+](C(=O)CO)(C4CCNCC4)CC3)n2)c2c(F)cccc12. The summed E-state index contributed by atoms with van der Waals surface area (Å²) in [5.41, 5.74) is 1.13. The van der Waals surface area contributed by atoms with E-state index in [2.05, 4.69) is 20.6 Å². The number of benzene rings is 1. The maximum Gasteiger partial charge on any atom is 0.339 e. The fourth-order valence-electron chi connectivity index (χ4n) is 5.61. The number of aromatic nitrogens is 4. The van der Waals surface area contributed by atoms with Gasteiger partial charge in [-0.25, -0.2) is 9.18 Å². The van der Waals surface area contributed by atoms with Crippen molar-refractivity contribution >= 4 is 16.8 Å². The molecule has 176 valence electrons. The monoisotopic (exact) mass is 457 g/mol. The van der Waals surface area contributed by atoms with Gasteiger partial charge in [-0.2, -0.15) is 14.8 Å². The highest BCUT2D eigenvalue weighted by atomic mass is 19.1. The minimum atomic E-state index is -0.434. The van der Waals surface area contributed by atoms with Gasteiger partial charge in [0.05, 0.1) is 24.8 Å². The first-order valence-corrected chi connectivity index (χ1v) is 11.8. The number of likely N-dealkylation sites (tertiary alicyclic amines) is 1. The molecule has 3 aromatic rings. The number of aryl methyl sites for hydroxylation is 1. The van der Waals surface area contributed by atoms with E-state index in [0.717, 1.165) is 37.0 Å². The highest BCUT2D eigenvalue weighted by Gasteiger charge is 2.47. The van der Waals surface area contributed by atoms with Gasteiger partial charge in [-0.1, -0.05) is 19.1 Å². The second-order valence-corrected chi connectivity index (χ2v) is 9.07. The summed E-state index contributed by atoms with van der Waals surface area (Å²) in [4.78, 5) is 17.4. The Morgan fingerprint density at radius 3 is 2.73 bits per heavy atom. The van der Waals surface area contributed by atoms with E-state index >= 15 is 0 Å². The van der Waals surface area contributed by atoms with E-state index in [1.54, 1.807) is 6.07 Å². The van der Waals surface area contributed by atoms with Gasteiger partial charge in [0.15, 0.2) is 6.61 Å². The van der Waals surface area contributed by atoms with Crippen LogP contribution in [-0.4, -0.2) is 74.2 Å². The molecule has 2 N–H and O–H groups in total. The van der Waals surface area contributed by atoms with Crippen molar-refractivity contribution in [1.82, 2.24) is 25.2 Å². The summed E-state index contributed by atoms with van der Waals surface area (Å²) in [5, 5.41) is 22.4. The van der Waals surface area contributed by atoms with Crippen molar-refractivity contribution < 1.29 is 23.3 Å². The number of amides is 1. The van der Waals surface area contributed by atoms with E-state index in [9.17, 15) is 14.3 Å². The molecule has 0 spiro atoms. The van der Waals surface area contributed by atoms with Crippen LogP contribution in [0.15, 0.2) is 22.7 Å². The molecule has 2 aliphatic rings. The zero-order valence-corrected chi connectivity index (χ0v) is 18.8. The predicted molar refractivity (Wildman–Crippen MR) is 118 cm³/mol. The van der Waals surface area contributed by atoms with Crippen molar-refractivity contribution in [2.24, 2.45) is 0 Å². The summed E-state index contributed by atoms with van der Waals surface area (Å²) in [6, 6.07) is 5.15. The topological polar surface area (TPSA) is 106 Å². The van der Waals surface area contributed by atoms with Crippen LogP contribution in [0.3, 0.4) is 0 Å². The van der Waals surface area contributed by atoms with Crippen molar-refractivity contribution in [3.63, 3.8) is 0 Å². The van der Waals surface area contributed by atoms with Crippen molar-refractivity contribution in [3.8, 4) is 5.95 Å². The largest absolute Gasteiger partial charge is 0.382 e. The molecule has 10 heteroatoms. The maximum atomic E-state index is 14.6. The van der Waals surface area contributed by atoms with Crippen LogP contribution < -0.4 is 5.32 Å². The van der Waals surface area contributed by atoms with Crippen LogP contribution in [0.5, 0.6) is 0 Å². The first-order valence-electron chi connectivity index (χ1n) is 11.8. The normalized spacial score (nSPS) is 24.4. The average Bonchev–Trinajstić information content (AvgIpc) is 3.50. The van der Waals surface area contributed by atoms with Crippen LogP contribution in [0, 0.1) is 5.82 Å². The predicted octanol–water partition coefficient (Wildman–Crippen LogP) is 2.08. The van der Waals surface area contributed by atoms with Gasteiger partial charge in [0.25, 0.3) is 5.95 Å². The molecule has 1 amide bonds. The fourth-order valence-corrected chi connectivity index (χ4v) is 5.61. The van der Waals surface area contributed by atoms with Crippen molar-refractivity contribution in [3.05, 3.63) is 35.6 Å². The first-order chi connectivity index (χ1) is 16.1. The number of carbonyl (C=O) groups is 1. The van der Waals surface area contributed by atoms with Gasteiger partial charge in [-0.3, -0.25) is 4.48 Å². The summed E-state index contributed by atoms with van der Waals surface area (Å²) in [6.45, 7) is 4.62. The molecule has 0 atom stereocenters. The molecule has 2 fully saturated rings. The third kappa shape index (κ3) is 3.75. The molecular formula is C23H30FN6O3+. The Morgan fingerprint density at radius 2 is 2.03 bits per heavy atom. The molecule has 9 nitrogen and oxygen atoms in total. The van der Waals surface area contributed by atoms with Gasteiger partial charge in [0.2, 0.25) is 5.89 Å². The van der Waals surface area contributed by atoms with Crippen LogP contribution in [-0.2, 0) is 11.2 Å². The van der Waals surface area contributed by atoms with E-state index in [1.807, 2.05) is 13.0 Å². The second kappa shape index (κ2) is 8.92. The minimum absolute atomic E-state index is 0.0167. The van der Waals surface area contributed by atoms with Gasteiger partial charge in [-0.15, -0.1) is 0 Å². The Balaban J connectivity index is 1.39. The average molecular weight is 458 g/mol. The Bertz CT molecular complexity index is 1140. The molecule has 2 aliphatic heterocycles. The first kappa shape index (κ1) is 22.1. The van der Waals surface area contributed by atoms with Gasteiger partial charge < -0.3 is 14.9 Å². The molecule has 4 heterocycles. The number of nitrogens with zero attached hydrogens (tertiary/aromatic N) is 5. The lowest BCUT2D eigenvalue weighted by Gasteiger charge is -2.47. The third-order valence-electron chi connectivity index (χ3n) is 7.43. The van der Waals surface area contributed by atoms with Crippen molar-refractivity contribution in [2.75, 3.05) is 32.8 Å². The van der Waals surface area contributed by atoms with Crippen LogP contribution in [0.25, 0.3) is 16.9 Å². The van der Waals surface area contributed by atoms with Crippen LogP contribution in [0.2, 0.25) is 0 Å². The zero-order valence-electron chi connectivity index (χ0n) is 18.8. The smallest absolute Gasteiger partial charge is 0.339 e. The van der Waals surface area contributed by atoms with E-state index in [4.69, 9.17) is 4.52 Å². The van der Waals surface area contributed by atoms with Gasteiger partial charge >= 0.3 is 5.91 Å². The molecule has 2 saturated heterocycles. The minimum Gasteiger partial charge on any atom is -0.382 e. The highest BCUT2D eigenvalue weighted by molar-refractivity contribution is 5.83. The van der Waals surface area contributed by atoms with E-state index in [-0.39, 0.29) is 29.6 Å². The standard InChI is InChI=1S/C23H30FN6O3/c1-2-19-17-4-3-5-18(24)21(17)29(27-19)23-26-22(33-28-23)15-8-12-30(13-9-15,20(32)14-31)16-6-10-25-11-7-16/h3-5,15-16,25,31H,2,6-14H2,1H3/q+1. The number of hydrogen-bond donors (Lipinski definition) is 2. The summed E-state index contributed by atoms with van der Waals surface area (Å²) >= 11 is 0. The number of para-hydroxylation sites is 1. The third-order valence-corrected chi connectivity index (χ3v) is 7.43. The molecule has 0 bridgehead atoms. The molecule has 1 aromatic carbocycles. The number of fused-ring (bicyclic) bond motifs is 1. The number of aliphatic hydroxyl groups excluding tert-OH is 1. The number of piperidine rings is 2. The summed E-state index contributed by atoms with van der Waals surface area (Å²) in [7, 11) is 0. The van der Waals surface area contributed by atoms with E-state index in [0.29, 0.717) is 48.2 Å². The molecule has 33 heavy (non-hydrogen) atoms. The number of nitrogens with one attached hydrogen (secondary N) is 1. The highest BCUT2D eigenvalue weighted by Crippen LogP contribution is 2.35. The van der Waals surface area contributed by atoms with Crippen LogP contribution >= 0.6 is 0 Å². The molecular weight excluding hydrogens is 427 g/mol. The molecule has 0 radical (unpaired) electrons. The zero-order chi connectivity index (χ0) is 23.0. The van der Waals surface area contributed by atoms with E-state index in [1.165, 1.54) is 10.7 Å². The van der Waals surface area contributed by atoms with Gasteiger partial charge in [0, 0.05) is 50.1 Å². The summed E-state index contributed by atoms with van der Waals surface area (Å²) in [5.74, 6) is 0.244. The molecule has 2 aromatic heterocycles. The number of rotatable bonds is 5. The maximum absolute atomic E-state index is 14.6. The lowest BCUT2D eigenvalue weighted by Crippen LogP contribution is -2.65. The summed E-state index contributed by atoms with van der Waals surface area (Å²) in [6.07, 6.45) is 3.95. The Hall–Kier alpha value is -2.69. The van der Waals surface area contributed by atoms with Crippen molar-refractivity contribution in [1.29, 1.82) is 0 Å². The van der Waals surface area contributed by atoms with Crippen LogP contribution in [0.1, 0.15) is 50.1 Å². The quantitative estimate of drug-likeness (QED) is 0.565. The number of hydrogen-bond acceptors (Lipinski definition) is 7. The van der Waals surface area contributed by atoms with Gasteiger partial charge in [0.1, 0.15) is 11.3 Å². The number of aliphatic hydroxyl groups is 1. The van der Waals surface area contributed by atoms with E-state index < -0.39 is 6.61 Å². The fraction of sp³-hybridized carbons (Fsp3) is 0.565. The lowest BCUT2D eigenvalue weighted by molar-refractivity contribution is -0.886. The number of halogens is 1. The number of quaternary nitrogens is 1. The second-order valence-electron chi connectivity index (χ2n) is 9.07. The molecule has 0 unspecified atom stereocenters. The molecule has 0 saturated carbocycles. The lowest BCUT2D eigenvalue weighted by atomic mass is 9.90. The Labute approximate surface area is 191 Å². The van der Waals surface area contributed by atoms with Gasteiger partial charge in [-0.05, 0) is 17.6 Å².